The van der Waals surface area contributed by atoms with Crippen LogP contribution < -0.4 is 0 Å². The largest absolute Gasteiger partial charge is 0.0701 e. The van der Waals surface area contributed by atoms with Gasteiger partial charge in [0, 0.05) is 0 Å². The van der Waals surface area contributed by atoms with Gasteiger partial charge in [-0.25, -0.2) is 0 Å². The van der Waals surface area contributed by atoms with E-state index < -0.39 is 0 Å². The molecule has 0 fully saturated rings. The second-order valence-corrected chi connectivity index (χ2v) is 7.91. The van der Waals surface area contributed by atoms with Gasteiger partial charge in [-0.2, -0.15) is 0 Å². The van der Waals surface area contributed by atoms with Crippen molar-refractivity contribution in [3.63, 3.8) is 0 Å². The van der Waals surface area contributed by atoms with Gasteiger partial charge in [0.05, 0.1) is 5.41 Å². The lowest BCUT2D eigenvalue weighted by atomic mass is 9.65. The first-order valence-electron chi connectivity index (χ1n) is 10.5. The lowest BCUT2D eigenvalue weighted by Gasteiger charge is -2.37. The highest BCUT2D eigenvalue weighted by molar-refractivity contribution is 5.84. The fourth-order valence-corrected chi connectivity index (χ4v) is 4.60. The molecule has 0 aliphatic carbocycles. The van der Waals surface area contributed by atoms with Gasteiger partial charge < -0.3 is 0 Å². The third-order valence-corrected chi connectivity index (χ3v) is 6.08. The highest BCUT2D eigenvalue weighted by atomic mass is 14.4. The predicted molar refractivity (Wildman–Crippen MR) is 127 cm³/mol. The molecule has 5 aromatic carbocycles. The molecule has 0 amide bonds. The Bertz CT molecular complexity index is 1230. The van der Waals surface area contributed by atoms with Gasteiger partial charge >= 0.3 is 0 Å². The quantitative estimate of drug-likeness (QED) is 0.281. The standard InChI is InChI=1S/C30H24/c1-23-16-19-28(20-17-23)30(26-12-4-2-5-13-26,27-14-6-3-7-15-27)29-21-18-24-10-8-9-11-25(24)22-29/h2-22H,1H3. The number of hydrogen-bond donors (Lipinski definition) is 0. The van der Waals surface area contributed by atoms with Crippen molar-refractivity contribution in [3.8, 4) is 0 Å². The Morgan fingerprint density at radius 2 is 0.867 bits per heavy atom. The van der Waals surface area contributed by atoms with E-state index in [1.165, 1.54) is 38.6 Å². The van der Waals surface area contributed by atoms with Crippen molar-refractivity contribution in [2.24, 2.45) is 0 Å². The van der Waals surface area contributed by atoms with Crippen molar-refractivity contribution in [1.82, 2.24) is 0 Å². The smallest absolute Gasteiger partial charge is 0.0622 e. The maximum absolute atomic E-state index is 2.36. The zero-order valence-electron chi connectivity index (χ0n) is 17.1. The van der Waals surface area contributed by atoms with E-state index >= 15 is 0 Å². The minimum Gasteiger partial charge on any atom is -0.0622 e. The average Bonchev–Trinajstić information content (AvgIpc) is 2.82. The van der Waals surface area contributed by atoms with Crippen molar-refractivity contribution in [3.05, 3.63) is 155 Å². The number of rotatable bonds is 4. The fourth-order valence-electron chi connectivity index (χ4n) is 4.60. The zero-order chi connectivity index (χ0) is 20.4. The van der Waals surface area contributed by atoms with Crippen LogP contribution in [0, 0.1) is 6.92 Å². The number of aryl methyl sites for hydroxylation is 1. The second-order valence-electron chi connectivity index (χ2n) is 7.91. The van der Waals surface area contributed by atoms with Crippen LogP contribution in [-0.4, -0.2) is 0 Å². The van der Waals surface area contributed by atoms with Crippen LogP contribution in [0.15, 0.2) is 127 Å². The molecular weight excluding hydrogens is 360 g/mol. The molecule has 0 atom stereocenters. The first-order chi connectivity index (χ1) is 14.8. The van der Waals surface area contributed by atoms with Crippen LogP contribution in [0.3, 0.4) is 0 Å². The molecule has 0 aliphatic heterocycles. The molecule has 0 saturated carbocycles. The average molecular weight is 385 g/mol. The molecule has 30 heavy (non-hydrogen) atoms. The van der Waals surface area contributed by atoms with Gasteiger partial charge in [-0.15, -0.1) is 0 Å². The van der Waals surface area contributed by atoms with Crippen LogP contribution in [0.25, 0.3) is 10.8 Å². The maximum atomic E-state index is 2.36. The molecule has 0 heteroatoms. The summed E-state index contributed by atoms with van der Waals surface area (Å²) in [7, 11) is 0. The van der Waals surface area contributed by atoms with Crippen molar-refractivity contribution < 1.29 is 0 Å². The van der Waals surface area contributed by atoms with Gasteiger partial charge in [0.15, 0.2) is 0 Å². The van der Waals surface area contributed by atoms with Gasteiger partial charge in [0.25, 0.3) is 0 Å². The van der Waals surface area contributed by atoms with Crippen LogP contribution in [0.1, 0.15) is 27.8 Å². The van der Waals surface area contributed by atoms with Crippen LogP contribution in [-0.2, 0) is 5.41 Å². The number of hydrogen-bond acceptors (Lipinski definition) is 0. The van der Waals surface area contributed by atoms with Gasteiger partial charge in [0.2, 0.25) is 0 Å². The normalized spacial score (nSPS) is 11.5. The molecule has 0 nitrogen and oxygen atoms in total. The lowest BCUT2D eigenvalue weighted by molar-refractivity contribution is 0.746. The van der Waals surface area contributed by atoms with Crippen molar-refractivity contribution in [2.75, 3.05) is 0 Å². The Kier molecular flexibility index (Phi) is 4.69. The number of fused-ring (bicyclic) bond motifs is 1. The second kappa shape index (κ2) is 7.65. The summed E-state index contributed by atoms with van der Waals surface area (Å²) in [5.74, 6) is 0. The molecule has 0 spiro atoms. The molecular formula is C30H24. The Labute approximate surface area is 178 Å². The van der Waals surface area contributed by atoms with E-state index in [0.29, 0.717) is 0 Å². The van der Waals surface area contributed by atoms with E-state index in [-0.39, 0.29) is 5.41 Å². The summed E-state index contributed by atoms with van der Waals surface area (Å²) in [6.45, 7) is 2.15. The maximum Gasteiger partial charge on any atom is 0.0701 e. The molecule has 0 bridgehead atoms. The van der Waals surface area contributed by atoms with E-state index in [1.807, 2.05) is 0 Å². The zero-order valence-corrected chi connectivity index (χ0v) is 17.1. The predicted octanol–water partition coefficient (Wildman–Crippen LogP) is 7.53. The van der Waals surface area contributed by atoms with E-state index in [4.69, 9.17) is 0 Å². The SMILES string of the molecule is Cc1ccc(C(c2ccccc2)(c2ccccc2)c2ccc3ccccc3c2)cc1. The molecule has 5 rings (SSSR count). The van der Waals surface area contributed by atoms with Crippen LogP contribution >= 0.6 is 0 Å². The monoisotopic (exact) mass is 384 g/mol. The summed E-state index contributed by atoms with van der Waals surface area (Å²) < 4.78 is 0. The van der Waals surface area contributed by atoms with Crippen LogP contribution in [0.2, 0.25) is 0 Å². The third kappa shape index (κ3) is 3.02. The minimum atomic E-state index is -0.389. The molecule has 5 aromatic rings. The molecule has 0 N–H and O–H groups in total. The summed E-state index contributed by atoms with van der Waals surface area (Å²) in [5, 5.41) is 2.53. The molecule has 0 radical (unpaired) electrons. The highest BCUT2D eigenvalue weighted by Crippen LogP contribution is 2.45. The molecule has 144 valence electrons. The topological polar surface area (TPSA) is 0 Å². The first kappa shape index (κ1) is 18.4. The van der Waals surface area contributed by atoms with Crippen molar-refractivity contribution >= 4 is 10.8 Å². The van der Waals surface area contributed by atoms with E-state index in [1.54, 1.807) is 0 Å². The Morgan fingerprint density at radius 1 is 0.400 bits per heavy atom. The van der Waals surface area contributed by atoms with Gasteiger partial charge in [-0.05, 0) is 46.0 Å². The summed E-state index contributed by atoms with van der Waals surface area (Å²) in [6, 6.07) is 46.3. The first-order valence-corrected chi connectivity index (χ1v) is 10.5. The molecule has 0 heterocycles. The summed E-state index contributed by atoms with van der Waals surface area (Å²) in [4.78, 5) is 0. The van der Waals surface area contributed by atoms with E-state index in [2.05, 4.69) is 134 Å². The third-order valence-electron chi connectivity index (χ3n) is 6.08. The molecule has 0 unspecified atom stereocenters. The Balaban J connectivity index is 1.91. The van der Waals surface area contributed by atoms with Gasteiger partial charge in [0.1, 0.15) is 0 Å². The van der Waals surface area contributed by atoms with Crippen molar-refractivity contribution in [1.29, 1.82) is 0 Å². The summed E-state index contributed by atoms with van der Waals surface area (Å²) in [6.07, 6.45) is 0. The minimum absolute atomic E-state index is 0.389. The van der Waals surface area contributed by atoms with Crippen LogP contribution in [0.5, 0.6) is 0 Å². The van der Waals surface area contributed by atoms with E-state index in [0.717, 1.165) is 0 Å². The lowest BCUT2D eigenvalue weighted by Crippen LogP contribution is -2.31. The summed E-state index contributed by atoms with van der Waals surface area (Å²) >= 11 is 0. The highest BCUT2D eigenvalue weighted by Gasteiger charge is 2.38. The Hall–Kier alpha value is -3.64. The van der Waals surface area contributed by atoms with Crippen molar-refractivity contribution in [2.45, 2.75) is 12.3 Å². The summed E-state index contributed by atoms with van der Waals surface area (Å²) in [5.41, 5.74) is 5.99. The van der Waals surface area contributed by atoms with E-state index in [9.17, 15) is 0 Å². The molecule has 0 aromatic heterocycles. The van der Waals surface area contributed by atoms with Gasteiger partial charge in [-0.3, -0.25) is 0 Å². The van der Waals surface area contributed by atoms with Crippen LogP contribution in [0.4, 0.5) is 0 Å². The molecule has 0 saturated heterocycles. The number of benzene rings is 5. The van der Waals surface area contributed by atoms with Gasteiger partial charge in [-0.1, -0.05) is 127 Å². The fraction of sp³-hybridized carbons (Fsp3) is 0.0667. The molecule has 0 aliphatic rings. The Morgan fingerprint density at radius 3 is 1.47 bits per heavy atom.